The molecule has 0 radical (unpaired) electrons. The van der Waals surface area contributed by atoms with E-state index in [1.54, 1.807) is 13.1 Å². The fraction of sp³-hybridized carbons (Fsp3) is 0.389. The number of thioether (sulfide) groups is 1. The first-order valence-corrected chi connectivity index (χ1v) is 10.3. The molecule has 0 aliphatic heterocycles. The second kappa shape index (κ2) is 8.73. The zero-order chi connectivity index (χ0) is 18.5. The van der Waals surface area contributed by atoms with Crippen molar-refractivity contribution in [3.05, 3.63) is 34.9 Å². The van der Waals surface area contributed by atoms with Gasteiger partial charge in [0.1, 0.15) is 0 Å². The maximum absolute atomic E-state index is 12.2. The molecule has 1 heterocycles. The number of aromatic amines is 1. The summed E-state index contributed by atoms with van der Waals surface area (Å²) >= 11 is 4.70. The summed E-state index contributed by atoms with van der Waals surface area (Å²) < 4.78 is 1.01. The Morgan fingerprint density at radius 3 is 2.65 bits per heavy atom. The number of urea groups is 1. The first kappa shape index (κ1) is 19.0. The number of benzene rings is 1. The number of rotatable bonds is 5. The quantitative estimate of drug-likeness (QED) is 0.615. The number of carbonyl (C=O) groups is 2. The predicted molar refractivity (Wildman–Crippen MR) is 106 cm³/mol. The Hall–Kier alpha value is -1.80. The molecule has 0 bridgehead atoms. The fourth-order valence-corrected chi connectivity index (χ4v) is 3.91. The average molecular weight is 437 g/mol. The molecule has 1 aromatic heterocycles. The van der Waals surface area contributed by atoms with E-state index >= 15 is 0 Å². The van der Waals surface area contributed by atoms with Crippen LogP contribution in [0.3, 0.4) is 0 Å². The molecule has 1 atom stereocenters. The highest BCUT2D eigenvalue weighted by molar-refractivity contribution is 9.10. The van der Waals surface area contributed by atoms with Crippen molar-refractivity contribution in [2.45, 2.75) is 49.1 Å². The largest absolute Gasteiger partial charge is 0.335 e. The lowest BCUT2D eigenvalue weighted by atomic mass is 10.2. The minimum atomic E-state index is -0.437. The summed E-state index contributed by atoms with van der Waals surface area (Å²) in [5.41, 5.74) is 1.90. The third kappa shape index (κ3) is 5.11. The highest BCUT2D eigenvalue weighted by atomic mass is 79.9. The highest BCUT2D eigenvalue weighted by Crippen LogP contribution is 2.25. The molecule has 26 heavy (non-hydrogen) atoms. The first-order valence-electron chi connectivity index (χ1n) is 8.60. The first-order chi connectivity index (χ1) is 12.5. The molecular weight excluding hydrogens is 416 g/mol. The van der Waals surface area contributed by atoms with E-state index in [4.69, 9.17) is 0 Å². The maximum Gasteiger partial charge on any atom is 0.321 e. The molecule has 3 N–H and O–H groups in total. The number of H-pyrrole nitrogens is 1. The van der Waals surface area contributed by atoms with Crippen LogP contribution in [0.5, 0.6) is 0 Å². The molecule has 1 aliphatic rings. The van der Waals surface area contributed by atoms with E-state index in [0.29, 0.717) is 5.16 Å². The molecule has 3 amide bonds. The molecule has 2 aromatic rings. The molecule has 1 saturated carbocycles. The Morgan fingerprint density at radius 1 is 1.27 bits per heavy atom. The fourth-order valence-electron chi connectivity index (χ4n) is 2.87. The lowest BCUT2D eigenvalue weighted by Gasteiger charge is -2.14. The lowest BCUT2D eigenvalue weighted by molar-refractivity contribution is -0.119. The number of hydrogen-bond donors (Lipinski definition) is 3. The normalized spacial score (nSPS) is 15.6. The van der Waals surface area contributed by atoms with E-state index in [2.05, 4.69) is 36.5 Å². The molecule has 0 spiro atoms. The number of imide groups is 1. The summed E-state index contributed by atoms with van der Waals surface area (Å²) in [6.07, 6.45) is 5.96. The molecule has 6 nitrogen and oxygen atoms in total. The number of carbonyl (C=O) groups excluding carboxylic acids is 2. The van der Waals surface area contributed by atoms with Crippen LogP contribution in [0.25, 0.3) is 11.3 Å². The molecule has 1 unspecified atom stereocenters. The van der Waals surface area contributed by atoms with E-state index in [1.165, 1.54) is 11.8 Å². The van der Waals surface area contributed by atoms with Gasteiger partial charge in [0.05, 0.1) is 17.1 Å². The van der Waals surface area contributed by atoms with Crippen molar-refractivity contribution in [1.82, 2.24) is 20.6 Å². The van der Waals surface area contributed by atoms with E-state index in [9.17, 15) is 9.59 Å². The SMILES string of the molecule is CC(Sc1ncc(-c2ccc(Br)cc2)[nH]1)C(=O)NC(=O)NC1CCCC1. The second-order valence-corrected chi connectivity index (χ2v) is 8.56. The van der Waals surface area contributed by atoms with Crippen LogP contribution in [-0.4, -0.2) is 33.2 Å². The van der Waals surface area contributed by atoms with Crippen molar-refractivity contribution >= 4 is 39.6 Å². The summed E-state index contributed by atoms with van der Waals surface area (Å²) in [4.78, 5) is 31.6. The summed E-state index contributed by atoms with van der Waals surface area (Å²) in [6.45, 7) is 1.75. The van der Waals surface area contributed by atoms with Gasteiger partial charge in [-0.25, -0.2) is 9.78 Å². The molecule has 1 aromatic carbocycles. The summed E-state index contributed by atoms with van der Waals surface area (Å²) in [7, 11) is 0. The average Bonchev–Trinajstić information content (AvgIpc) is 3.27. The highest BCUT2D eigenvalue weighted by Gasteiger charge is 2.21. The van der Waals surface area contributed by atoms with E-state index in [0.717, 1.165) is 41.4 Å². The van der Waals surface area contributed by atoms with Gasteiger partial charge in [-0.05, 0) is 37.5 Å². The van der Waals surface area contributed by atoms with Crippen molar-refractivity contribution in [3.63, 3.8) is 0 Å². The Kier molecular flexibility index (Phi) is 6.37. The third-order valence-corrected chi connectivity index (χ3v) is 5.82. The number of amides is 3. The van der Waals surface area contributed by atoms with Crippen LogP contribution in [0.1, 0.15) is 32.6 Å². The standard InChI is InChI=1S/C18H21BrN4O2S/c1-11(16(24)23-17(25)21-14-4-2-3-5-14)26-18-20-10-15(22-18)12-6-8-13(19)9-7-12/h6-11,14H,2-5H2,1H3,(H,20,22)(H2,21,23,24,25). The Morgan fingerprint density at radius 2 is 1.96 bits per heavy atom. The zero-order valence-corrected chi connectivity index (χ0v) is 16.8. The smallest absolute Gasteiger partial charge is 0.321 e. The van der Waals surface area contributed by atoms with Crippen molar-refractivity contribution in [2.75, 3.05) is 0 Å². The minimum Gasteiger partial charge on any atom is -0.335 e. The molecular formula is C18H21BrN4O2S. The second-order valence-electron chi connectivity index (χ2n) is 6.31. The van der Waals surface area contributed by atoms with Gasteiger partial charge in [-0.3, -0.25) is 10.1 Å². The van der Waals surface area contributed by atoms with Crippen LogP contribution >= 0.6 is 27.7 Å². The number of halogens is 1. The van der Waals surface area contributed by atoms with Crippen molar-refractivity contribution in [1.29, 1.82) is 0 Å². The van der Waals surface area contributed by atoms with Crippen molar-refractivity contribution in [3.8, 4) is 11.3 Å². The third-order valence-electron chi connectivity index (χ3n) is 4.29. The van der Waals surface area contributed by atoms with Gasteiger partial charge < -0.3 is 10.3 Å². The number of nitrogens with one attached hydrogen (secondary N) is 3. The Balaban J connectivity index is 1.52. The van der Waals surface area contributed by atoms with Crippen LogP contribution in [0, 0.1) is 0 Å². The van der Waals surface area contributed by atoms with Gasteiger partial charge in [-0.1, -0.05) is 52.7 Å². The van der Waals surface area contributed by atoms with Gasteiger partial charge in [-0.2, -0.15) is 0 Å². The molecule has 138 valence electrons. The van der Waals surface area contributed by atoms with Crippen LogP contribution in [0.15, 0.2) is 40.1 Å². The van der Waals surface area contributed by atoms with Gasteiger partial charge in [0.2, 0.25) is 5.91 Å². The van der Waals surface area contributed by atoms with E-state index < -0.39 is 11.3 Å². The molecule has 8 heteroatoms. The predicted octanol–water partition coefficient (Wildman–Crippen LogP) is 4.09. The Labute approximate surface area is 165 Å². The van der Waals surface area contributed by atoms with Gasteiger partial charge >= 0.3 is 6.03 Å². The van der Waals surface area contributed by atoms with Crippen molar-refractivity contribution < 1.29 is 9.59 Å². The van der Waals surface area contributed by atoms with Gasteiger partial charge in [0.25, 0.3) is 0 Å². The number of aromatic nitrogens is 2. The summed E-state index contributed by atoms with van der Waals surface area (Å²) in [6, 6.07) is 7.66. The van der Waals surface area contributed by atoms with Gasteiger partial charge in [-0.15, -0.1) is 0 Å². The van der Waals surface area contributed by atoms with Crippen LogP contribution < -0.4 is 10.6 Å². The Bertz CT molecular complexity index is 772. The number of nitrogens with zero attached hydrogens (tertiary/aromatic N) is 1. The van der Waals surface area contributed by atoms with Gasteiger partial charge in [0, 0.05) is 10.5 Å². The molecule has 1 aliphatic carbocycles. The minimum absolute atomic E-state index is 0.185. The molecule has 1 fully saturated rings. The molecule has 3 rings (SSSR count). The van der Waals surface area contributed by atoms with Crippen LogP contribution in [0.4, 0.5) is 4.79 Å². The monoisotopic (exact) mass is 436 g/mol. The lowest BCUT2D eigenvalue weighted by Crippen LogP contribution is -2.45. The summed E-state index contributed by atoms with van der Waals surface area (Å²) in [5, 5.41) is 5.47. The maximum atomic E-state index is 12.2. The summed E-state index contributed by atoms with van der Waals surface area (Å²) in [5.74, 6) is -0.327. The number of hydrogen-bond acceptors (Lipinski definition) is 4. The van der Waals surface area contributed by atoms with Gasteiger partial charge in [0.15, 0.2) is 5.16 Å². The topological polar surface area (TPSA) is 86.9 Å². The van der Waals surface area contributed by atoms with Crippen molar-refractivity contribution in [2.24, 2.45) is 0 Å². The molecule has 0 saturated heterocycles. The van der Waals surface area contributed by atoms with E-state index in [-0.39, 0.29) is 11.9 Å². The van der Waals surface area contributed by atoms with Crippen LogP contribution in [0.2, 0.25) is 0 Å². The van der Waals surface area contributed by atoms with E-state index in [1.807, 2.05) is 24.3 Å². The zero-order valence-electron chi connectivity index (χ0n) is 14.4. The number of imidazole rings is 1. The van der Waals surface area contributed by atoms with Crippen LogP contribution in [-0.2, 0) is 4.79 Å².